The number of carbonyl (C=O) groups excluding carboxylic acids is 1. The van der Waals surface area contributed by atoms with Crippen LogP contribution in [-0.2, 0) is 0 Å². The average molecular weight is 343 g/mol. The Hall–Kier alpha value is -3.53. The third-order valence-corrected chi connectivity index (χ3v) is 4.22. The minimum absolute atomic E-state index is 0.247. The maximum Gasteiger partial charge on any atom is 0.291 e. The van der Waals surface area contributed by atoms with Gasteiger partial charge in [0.25, 0.3) is 5.91 Å². The van der Waals surface area contributed by atoms with Crippen molar-refractivity contribution < 1.29 is 13.9 Å². The Morgan fingerprint density at radius 3 is 2.35 bits per heavy atom. The zero-order chi connectivity index (χ0) is 17.9. The largest absolute Gasteiger partial charge is 0.496 e. The lowest BCUT2D eigenvalue weighted by atomic mass is 10.1. The second kappa shape index (κ2) is 6.76. The first-order chi connectivity index (χ1) is 12.7. The zero-order valence-corrected chi connectivity index (χ0v) is 14.2. The molecule has 0 bridgehead atoms. The number of furan rings is 1. The van der Waals surface area contributed by atoms with Gasteiger partial charge in [-0.15, -0.1) is 0 Å². The Morgan fingerprint density at radius 1 is 0.885 bits per heavy atom. The van der Waals surface area contributed by atoms with Crippen molar-refractivity contribution in [2.75, 3.05) is 12.4 Å². The van der Waals surface area contributed by atoms with Crippen LogP contribution in [0.25, 0.3) is 22.1 Å². The van der Waals surface area contributed by atoms with Crippen LogP contribution in [0.15, 0.2) is 83.3 Å². The SMILES string of the molecule is COc1cccc2oc(C(=O)Nc3ccc(-c4ccccc4)cc3)cc12. The molecular formula is C22H17NO3. The van der Waals surface area contributed by atoms with E-state index in [9.17, 15) is 4.79 Å². The van der Waals surface area contributed by atoms with Crippen LogP contribution >= 0.6 is 0 Å². The topological polar surface area (TPSA) is 51.5 Å². The van der Waals surface area contributed by atoms with E-state index in [1.165, 1.54) is 0 Å². The highest BCUT2D eigenvalue weighted by Gasteiger charge is 2.15. The van der Waals surface area contributed by atoms with Crippen molar-refractivity contribution in [3.05, 3.63) is 84.6 Å². The molecule has 0 atom stereocenters. The van der Waals surface area contributed by atoms with Gasteiger partial charge in [0.05, 0.1) is 12.5 Å². The third kappa shape index (κ3) is 3.05. The molecule has 1 heterocycles. The Bertz CT molecular complexity index is 1050. The fraction of sp³-hybridized carbons (Fsp3) is 0.0455. The van der Waals surface area contributed by atoms with Crippen LogP contribution < -0.4 is 10.1 Å². The van der Waals surface area contributed by atoms with Gasteiger partial charge in [0.2, 0.25) is 0 Å². The lowest BCUT2D eigenvalue weighted by Gasteiger charge is -2.05. The number of amides is 1. The minimum atomic E-state index is -0.296. The Balaban J connectivity index is 1.55. The van der Waals surface area contributed by atoms with E-state index < -0.39 is 0 Å². The van der Waals surface area contributed by atoms with Crippen molar-refractivity contribution in [2.45, 2.75) is 0 Å². The number of anilines is 1. The van der Waals surface area contributed by atoms with E-state index in [4.69, 9.17) is 9.15 Å². The smallest absolute Gasteiger partial charge is 0.291 e. The predicted molar refractivity (Wildman–Crippen MR) is 103 cm³/mol. The molecule has 128 valence electrons. The van der Waals surface area contributed by atoms with E-state index in [0.717, 1.165) is 16.5 Å². The number of benzene rings is 3. The molecule has 4 rings (SSSR count). The third-order valence-electron chi connectivity index (χ3n) is 4.22. The summed E-state index contributed by atoms with van der Waals surface area (Å²) in [7, 11) is 1.59. The summed E-state index contributed by atoms with van der Waals surface area (Å²) in [5, 5.41) is 3.64. The number of nitrogens with one attached hydrogen (secondary N) is 1. The van der Waals surface area contributed by atoms with E-state index in [1.807, 2.05) is 60.7 Å². The zero-order valence-electron chi connectivity index (χ0n) is 14.2. The van der Waals surface area contributed by atoms with Gasteiger partial charge in [0, 0.05) is 11.8 Å². The van der Waals surface area contributed by atoms with E-state index in [1.54, 1.807) is 13.2 Å². The maximum atomic E-state index is 12.5. The van der Waals surface area contributed by atoms with Crippen LogP contribution in [0.2, 0.25) is 0 Å². The summed E-state index contributed by atoms with van der Waals surface area (Å²) in [4.78, 5) is 12.5. The standard InChI is InChI=1S/C22H17NO3/c1-25-19-8-5-9-20-18(19)14-21(26-20)22(24)23-17-12-10-16(11-13-17)15-6-3-2-4-7-15/h2-14H,1H3,(H,23,24). The molecule has 26 heavy (non-hydrogen) atoms. The molecule has 0 saturated heterocycles. The van der Waals surface area contributed by atoms with Crippen molar-refractivity contribution >= 4 is 22.6 Å². The van der Waals surface area contributed by atoms with Gasteiger partial charge in [-0.05, 0) is 35.4 Å². The van der Waals surface area contributed by atoms with Crippen molar-refractivity contribution in [3.63, 3.8) is 0 Å². The molecule has 0 aliphatic heterocycles. The second-order valence-electron chi connectivity index (χ2n) is 5.88. The summed E-state index contributed by atoms with van der Waals surface area (Å²) in [6, 6.07) is 25.0. The first kappa shape index (κ1) is 16.0. The monoisotopic (exact) mass is 343 g/mol. The van der Waals surface area contributed by atoms with Crippen LogP contribution in [0.3, 0.4) is 0 Å². The van der Waals surface area contributed by atoms with E-state index in [0.29, 0.717) is 17.0 Å². The molecule has 1 N–H and O–H groups in total. The number of hydrogen-bond donors (Lipinski definition) is 1. The molecule has 4 heteroatoms. The first-order valence-corrected chi connectivity index (χ1v) is 8.28. The van der Waals surface area contributed by atoms with Crippen LogP contribution in [0, 0.1) is 0 Å². The lowest BCUT2D eigenvalue weighted by Crippen LogP contribution is -2.10. The van der Waals surface area contributed by atoms with E-state index >= 15 is 0 Å². The van der Waals surface area contributed by atoms with Gasteiger partial charge in [-0.25, -0.2) is 0 Å². The maximum absolute atomic E-state index is 12.5. The number of hydrogen-bond acceptors (Lipinski definition) is 3. The molecule has 0 aliphatic carbocycles. The summed E-state index contributed by atoms with van der Waals surface area (Å²) < 4.78 is 10.9. The van der Waals surface area contributed by atoms with Crippen molar-refractivity contribution in [1.29, 1.82) is 0 Å². The summed E-state index contributed by atoms with van der Waals surface area (Å²) in [6.07, 6.45) is 0. The Kier molecular flexibility index (Phi) is 4.15. The molecule has 1 aromatic heterocycles. The van der Waals surface area contributed by atoms with Gasteiger partial charge in [-0.1, -0.05) is 48.5 Å². The quantitative estimate of drug-likeness (QED) is 0.542. The summed E-state index contributed by atoms with van der Waals surface area (Å²) >= 11 is 0. The van der Waals surface area contributed by atoms with Crippen molar-refractivity contribution in [2.24, 2.45) is 0 Å². The Labute approximate surface area is 151 Å². The highest BCUT2D eigenvalue weighted by atomic mass is 16.5. The van der Waals surface area contributed by atoms with Crippen LogP contribution in [0.1, 0.15) is 10.6 Å². The van der Waals surface area contributed by atoms with Crippen molar-refractivity contribution in [1.82, 2.24) is 0 Å². The lowest BCUT2D eigenvalue weighted by molar-refractivity contribution is 0.0998. The second-order valence-corrected chi connectivity index (χ2v) is 5.88. The van der Waals surface area contributed by atoms with Crippen molar-refractivity contribution in [3.8, 4) is 16.9 Å². The van der Waals surface area contributed by atoms with Crippen LogP contribution in [0.5, 0.6) is 5.75 Å². The molecule has 4 aromatic rings. The van der Waals surface area contributed by atoms with Gasteiger partial charge in [-0.3, -0.25) is 4.79 Å². The summed E-state index contributed by atoms with van der Waals surface area (Å²) in [6.45, 7) is 0. The van der Waals surface area contributed by atoms with Crippen LogP contribution in [-0.4, -0.2) is 13.0 Å². The molecule has 0 spiro atoms. The molecule has 0 saturated carbocycles. The highest BCUT2D eigenvalue weighted by molar-refractivity contribution is 6.05. The average Bonchev–Trinajstić information content (AvgIpc) is 3.14. The molecule has 4 nitrogen and oxygen atoms in total. The Morgan fingerprint density at radius 2 is 1.62 bits per heavy atom. The van der Waals surface area contributed by atoms with Gasteiger partial charge in [0.15, 0.2) is 5.76 Å². The van der Waals surface area contributed by atoms with Gasteiger partial charge >= 0.3 is 0 Å². The molecule has 0 radical (unpaired) electrons. The number of fused-ring (bicyclic) bond motifs is 1. The molecule has 0 aliphatic rings. The summed E-state index contributed by atoms with van der Waals surface area (Å²) in [5.41, 5.74) is 3.56. The van der Waals surface area contributed by atoms with Gasteiger partial charge in [0.1, 0.15) is 11.3 Å². The fourth-order valence-corrected chi connectivity index (χ4v) is 2.89. The molecular weight excluding hydrogens is 326 g/mol. The van der Waals surface area contributed by atoms with Gasteiger partial charge in [-0.2, -0.15) is 0 Å². The summed E-state index contributed by atoms with van der Waals surface area (Å²) in [5.74, 6) is 0.630. The molecule has 3 aromatic carbocycles. The number of carbonyl (C=O) groups is 1. The van der Waals surface area contributed by atoms with Gasteiger partial charge < -0.3 is 14.5 Å². The fourth-order valence-electron chi connectivity index (χ4n) is 2.89. The predicted octanol–water partition coefficient (Wildman–Crippen LogP) is 5.36. The minimum Gasteiger partial charge on any atom is -0.496 e. The number of methoxy groups -OCH3 is 1. The number of rotatable bonds is 4. The first-order valence-electron chi connectivity index (χ1n) is 8.28. The molecule has 1 amide bonds. The van der Waals surface area contributed by atoms with Crippen LogP contribution in [0.4, 0.5) is 5.69 Å². The van der Waals surface area contributed by atoms with E-state index in [2.05, 4.69) is 17.4 Å². The highest BCUT2D eigenvalue weighted by Crippen LogP contribution is 2.29. The molecule has 0 fully saturated rings. The van der Waals surface area contributed by atoms with E-state index in [-0.39, 0.29) is 11.7 Å². The molecule has 0 unspecified atom stereocenters. The number of ether oxygens (including phenoxy) is 1. The normalized spacial score (nSPS) is 10.7.